The Morgan fingerprint density at radius 3 is 2.30 bits per heavy atom. The summed E-state index contributed by atoms with van der Waals surface area (Å²) >= 11 is 12.1. The molecule has 1 heterocycles. The molecule has 0 saturated carbocycles. The number of nitrogens with zero attached hydrogens (tertiary/aromatic N) is 2. The molecule has 0 aliphatic heterocycles. The summed E-state index contributed by atoms with van der Waals surface area (Å²) in [5, 5.41) is 12.6. The minimum atomic E-state index is -1.29. The smallest absolute Gasteiger partial charge is 0.335 e. The number of hydrogen-bond acceptors (Lipinski definition) is 6. The Hall–Kier alpha value is -4.12. The van der Waals surface area contributed by atoms with Gasteiger partial charge >= 0.3 is 11.7 Å². The quantitative estimate of drug-likeness (QED) is 0.274. The molecule has 0 unspecified atom stereocenters. The van der Waals surface area contributed by atoms with E-state index in [9.17, 15) is 24.3 Å². The molecule has 208 valence electrons. The van der Waals surface area contributed by atoms with Gasteiger partial charge in [0.1, 0.15) is 18.4 Å². The maximum atomic E-state index is 13.4. The van der Waals surface area contributed by atoms with Crippen LogP contribution in [0.2, 0.25) is 10.0 Å². The highest BCUT2D eigenvalue weighted by atomic mass is 35.5. The van der Waals surface area contributed by atoms with Crippen LogP contribution in [-0.4, -0.2) is 44.8 Å². The summed E-state index contributed by atoms with van der Waals surface area (Å²) in [6, 6.07) is 14.1. The van der Waals surface area contributed by atoms with Gasteiger partial charge in [-0.1, -0.05) is 41.4 Å². The number of nitrogens with one attached hydrogen (secondary N) is 1. The van der Waals surface area contributed by atoms with Gasteiger partial charge < -0.3 is 20.9 Å². The monoisotopic (exact) mass is 584 g/mol. The zero-order valence-electron chi connectivity index (χ0n) is 21.6. The third-order valence-electron chi connectivity index (χ3n) is 6.18. The number of hydrogen-bond donors (Lipinski definition) is 3. The summed E-state index contributed by atoms with van der Waals surface area (Å²) in [4.78, 5) is 51.1. The first kappa shape index (κ1) is 28.9. The average molecular weight is 585 g/mol. The highest BCUT2D eigenvalue weighted by Crippen LogP contribution is 2.24. The van der Waals surface area contributed by atoms with E-state index in [0.29, 0.717) is 16.8 Å². The number of carboxylic acids is 1. The lowest BCUT2D eigenvalue weighted by atomic mass is 10.0. The molecule has 4 N–H and O–H groups in total. The lowest BCUT2D eigenvalue weighted by Gasteiger charge is -2.16. The third kappa shape index (κ3) is 6.04. The molecule has 4 aromatic rings. The molecule has 3 aromatic carbocycles. The van der Waals surface area contributed by atoms with E-state index in [2.05, 4.69) is 5.32 Å². The van der Waals surface area contributed by atoms with Gasteiger partial charge in [0.2, 0.25) is 0 Å². The van der Waals surface area contributed by atoms with Crippen LogP contribution in [0.4, 0.5) is 0 Å². The van der Waals surface area contributed by atoms with E-state index in [4.69, 9.17) is 33.7 Å². The Morgan fingerprint density at radius 2 is 1.70 bits per heavy atom. The number of fused-ring (bicyclic) bond motifs is 1. The van der Waals surface area contributed by atoms with Crippen molar-refractivity contribution in [2.45, 2.75) is 25.4 Å². The Bertz CT molecular complexity index is 1690. The number of amides is 1. The molecule has 0 radical (unpaired) electrons. The minimum absolute atomic E-state index is 0.0231. The molecule has 4 rings (SSSR count). The van der Waals surface area contributed by atoms with Crippen LogP contribution in [0.25, 0.3) is 16.6 Å². The van der Waals surface area contributed by atoms with E-state index in [1.54, 1.807) is 50.4 Å². The predicted octanol–water partition coefficient (Wildman–Crippen LogP) is 3.15. The number of carboxylic acid groups (broad SMARTS) is 1. The first-order chi connectivity index (χ1) is 19.0. The molecular weight excluding hydrogens is 559 g/mol. The Balaban J connectivity index is 1.62. The molecule has 0 aliphatic carbocycles. The fraction of sp³-hybridized carbons (Fsp3) is 0.214. The molecule has 0 fully saturated rings. The van der Waals surface area contributed by atoms with Crippen LogP contribution >= 0.6 is 23.2 Å². The lowest BCUT2D eigenvalue weighted by Crippen LogP contribution is -2.42. The highest BCUT2D eigenvalue weighted by molar-refractivity contribution is 6.39. The predicted molar refractivity (Wildman–Crippen MR) is 153 cm³/mol. The van der Waals surface area contributed by atoms with Crippen molar-refractivity contribution in [3.8, 4) is 11.4 Å². The normalized spacial score (nSPS) is 12.6. The van der Waals surface area contributed by atoms with Gasteiger partial charge in [-0.25, -0.2) is 14.2 Å². The lowest BCUT2D eigenvalue weighted by molar-refractivity contribution is -0.139. The topological polar surface area (TPSA) is 146 Å². The molecular formula is C28H26Cl2N4O6. The minimum Gasteiger partial charge on any atom is -0.492 e. The molecule has 0 aliphatic rings. The second-order valence-electron chi connectivity index (χ2n) is 9.28. The summed E-state index contributed by atoms with van der Waals surface area (Å²) in [5.74, 6) is -1.54. The van der Waals surface area contributed by atoms with Gasteiger partial charge in [-0.3, -0.25) is 14.2 Å². The fourth-order valence-electron chi connectivity index (χ4n) is 4.15. The first-order valence-corrected chi connectivity index (χ1v) is 12.9. The Kier molecular flexibility index (Phi) is 8.63. The maximum absolute atomic E-state index is 13.4. The van der Waals surface area contributed by atoms with Gasteiger partial charge in [-0.05, 0) is 55.0 Å². The largest absolute Gasteiger partial charge is 0.492 e. The van der Waals surface area contributed by atoms with Crippen molar-refractivity contribution in [2.75, 3.05) is 6.61 Å². The molecule has 0 saturated heterocycles. The Morgan fingerprint density at radius 1 is 1.05 bits per heavy atom. The van der Waals surface area contributed by atoms with Crippen molar-refractivity contribution < 1.29 is 19.4 Å². The van der Waals surface area contributed by atoms with Crippen molar-refractivity contribution in [1.82, 2.24) is 14.5 Å². The van der Waals surface area contributed by atoms with Crippen molar-refractivity contribution >= 4 is 46.0 Å². The number of halogens is 2. The SMILES string of the molecule is C[C@H](N)COc1ccc2c(c1)c(=O)n(-c1ccc(C[C@H](NC(=O)c3c(Cl)cccc3Cl)C(=O)O)cc1)c(=O)n2C. The van der Waals surface area contributed by atoms with Gasteiger partial charge in [-0.2, -0.15) is 0 Å². The number of carbonyl (C=O) groups is 2. The summed E-state index contributed by atoms with van der Waals surface area (Å²) in [5.41, 5.74) is 5.90. The molecule has 12 heteroatoms. The molecule has 40 heavy (non-hydrogen) atoms. The number of carbonyl (C=O) groups excluding carboxylic acids is 1. The van der Waals surface area contributed by atoms with E-state index < -0.39 is 29.2 Å². The van der Waals surface area contributed by atoms with Crippen molar-refractivity contribution in [3.63, 3.8) is 0 Å². The van der Waals surface area contributed by atoms with Gasteiger partial charge in [-0.15, -0.1) is 0 Å². The molecule has 0 bridgehead atoms. The molecule has 1 aromatic heterocycles. The Labute approximate surface area is 238 Å². The van der Waals surface area contributed by atoms with Gasteiger partial charge in [0.15, 0.2) is 0 Å². The zero-order valence-corrected chi connectivity index (χ0v) is 23.1. The van der Waals surface area contributed by atoms with Crippen LogP contribution in [0.1, 0.15) is 22.8 Å². The van der Waals surface area contributed by atoms with Gasteiger partial charge in [0.05, 0.1) is 32.2 Å². The van der Waals surface area contributed by atoms with Gasteiger partial charge in [0.25, 0.3) is 11.5 Å². The summed E-state index contributed by atoms with van der Waals surface area (Å²) in [6.45, 7) is 2.05. The number of nitrogens with two attached hydrogens (primary N) is 1. The number of aromatic nitrogens is 2. The molecule has 0 spiro atoms. The van der Waals surface area contributed by atoms with Crippen molar-refractivity contribution in [1.29, 1.82) is 0 Å². The number of aliphatic carboxylic acids is 1. The fourth-order valence-corrected chi connectivity index (χ4v) is 4.72. The average Bonchev–Trinajstić information content (AvgIpc) is 2.91. The van der Waals surface area contributed by atoms with Crippen LogP contribution in [0.3, 0.4) is 0 Å². The van der Waals surface area contributed by atoms with Crippen LogP contribution in [-0.2, 0) is 18.3 Å². The van der Waals surface area contributed by atoms with Gasteiger partial charge in [0, 0.05) is 19.5 Å². The summed E-state index contributed by atoms with van der Waals surface area (Å²) in [7, 11) is 1.56. The van der Waals surface area contributed by atoms with E-state index in [-0.39, 0.29) is 45.8 Å². The first-order valence-electron chi connectivity index (χ1n) is 12.2. The maximum Gasteiger partial charge on any atom is 0.335 e. The molecule has 10 nitrogen and oxygen atoms in total. The van der Waals surface area contributed by atoms with Crippen molar-refractivity contribution in [3.05, 3.63) is 103 Å². The second kappa shape index (κ2) is 12.0. The second-order valence-corrected chi connectivity index (χ2v) is 10.1. The summed E-state index contributed by atoms with van der Waals surface area (Å²) < 4.78 is 8.02. The van der Waals surface area contributed by atoms with Crippen LogP contribution in [0.15, 0.2) is 70.3 Å². The number of benzene rings is 3. The standard InChI is InChI=1S/C28H26Cl2N4O6/c1-15(31)14-40-18-10-11-23-19(13-18)26(36)34(28(39)33(23)2)17-8-6-16(7-9-17)12-22(27(37)38)32-25(35)24-20(29)4-3-5-21(24)30/h3-11,13,15,22H,12,14,31H2,1-2H3,(H,32,35)(H,37,38)/t15-,22-/m0/s1. The van der Waals surface area contributed by atoms with Crippen molar-refractivity contribution in [2.24, 2.45) is 12.8 Å². The van der Waals surface area contributed by atoms with Crippen LogP contribution in [0.5, 0.6) is 5.75 Å². The van der Waals surface area contributed by atoms with E-state index >= 15 is 0 Å². The third-order valence-corrected chi connectivity index (χ3v) is 6.81. The zero-order chi connectivity index (χ0) is 29.1. The molecule has 2 atom stereocenters. The number of ether oxygens (including phenoxy) is 1. The van der Waals surface area contributed by atoms with Crippen LogP contribution in [0, 0.1) is 0 Å². The van der Waals surface area contributed by atoms with E-state index in [1.807, 2.05) is 0 Å². The summed E-state index contributed by atoms with van der Waals surface area (Å²) in [6.07, 6.45) is -0.0751. The number of rotatable bonds is 9. The highest BCUT2D eigenvalue weighted by Gasteiger charge is 2.24. The molecule has 1 amide bonds. The van der Waals surface area contributed by atoms with E-state index in [0.717, 1.165) is 4.57 Å². The number of aryl methyl sites for hydroxylation is 1. The van der Waals surface area contributed by atoms with Crippen LogP contribution < -0.4 is 27.0 Å². The van der Waals surface area contributed by atoms with E-state index in [1.165, 1.54) is 28.8 Å².